The van der Waals surface area contributed by atoms with Crippen LogP contribution in [-0.2, 0) is 19.6 Å². The standard InChI is InChI=1S/C15H17ClFNO4S/c1-2-22-15(19)11-5-3-4-6-14(11)23(20,21)18-13-8-7-10(17)9-12(13)16/h5,7-9,14,18H,2-4,6H2,1H3/i6D2,7D,8D,9D. The first-order chi connectivity index (χ1) is 12.8. The predicted molar refractivity (Wildman–Crippen MR) is 86.3 cm³/mol. The molecule has 1 unspecified atom stereocenters. The normalized spacial score (nSPS) is 23.5. The second-order valence-corrected chi connectivity index (χ2v) is 6.67. The molecule has 0 saturated heterocycles. The highest BCUT2D eigenvalue weighted by Crippen LogP contribution is 2.30. The Kier molecular flexibility index (Phi) is 3.77. The molecule has 0 fully saturated rings. The van der Waals surface area contributed by atoms with Crippen LogP contribution in [0.1, 0.15) is 33.0 Å². The summed E-state index contributed by atoms with van der Waals surface area (Å²) >= 11 is 5.78. The summed E-state index contributed by atoms with van der Waals surface area (Å²) in [6, 6.07) is -2.94. The second kappa shape index (κ2) is 7.31. The van der Waals surface area contributed by atoms with E-state index in [1.54, 1.807) is 0 Å². The van der Waals surface area contributed by atoms with Gasteiger partial charge in [-0.3, -0.25) is 4.72 Å². The number of nitrogens with one attached hydrogen (secondary N) is 1. The van der Waals surface area contributed by atoms with Crippen LogP contribution < -0.4 is 4.72 Å². The summed E-state index contributed by atoms with van der Waals surface area (Å²) in [4.78, 5) is 12.2. The molecule has 0 radical (unpaired) electrons. The molecule has 0 aromatic heterocycles. The van der Waals surface area contributed by atoms with Crippen LogP contribution in [0, 0.1) is 5.82 Å². The van der Waals surface area contributed by atoms with Gasteiger partial charge < -0.3 is 4.74 Å². The molecule has 1 aliphatic rings. The summed E-state index contributed by atoms with van der Waals surface area (Å²) in [6.07, 6.45) is -1.17. The Balaban J connectivity index is 2.58. The molecule has 5 nitrogen and oxygen atoms in total. The highest BCUT2D eigenvalue weighted by molar-refractivity contribution is 7.93. The lowest BCUT2D eigenvalue weighted by Crippen LogP contribution is -2.34. The topological polar surface area (TPSA) is 72.5 Å². The lowest BCUT2D eigenvalue weighted by atomic mass is 9.99. The van der Waals surface area contributed by atoms with Crippen LogP contribution in [0.25, 0.3) is 0 Å². The van der Waals surface area contributed by atoms with Crippen molar-refractivity contribution >= 4 is 33.3 Å². The number of rotatable bonds is 5. The molecule has 1 atom stereocenters. The molecule has 1 aromatic rings. The lowest BCUT2D eigenvalue weighted by molar-refractivity contribution is -0.138. The minimum Gasteiger partial charge on any atom is -0.463 e. The van der Waals surface area contributed by atoms with Crippen LogP contribution in [0.4, 0.5) is 10.1 Å². The summed E-state index contributed by atoms with van der Waals surface area (Å²) in [5, 5.41) is -2.74. The monoisotopic (exact) mass is 366 g/mol. The Hall–Kier alpha value is -1.60. The second-order valence-electron chi connectivity index (χ2n) is 4.53. The summed E-state index contributed by atoms with van der Waals surface area (Å²) in [7, 11) is -4.74. The number of benzene rings is 1. The Bertz CT molecular complexity index is 925. The number of sulfonamides is 1. The fraction of sp³-hybridized carbons (Fsp3) is 0.400. The average Bonchev–Trinajstić information content (AvgIpc) is 2.61. The van der Waals surface area contributed by atoms with Gasteiger partial charge in [0.2, 0.25) is 10.0 Å². The first-order valence-corrected chi connectivity index (χ1v) is 8.61. The van der Waals surface area contributed by atoms with E-state index in [0.717, 1.165) is 0 Å². The molecule has 0 saturated carbocycles. The van der Waals surface area contributed by atoms with E-state index in [0.29, 0.717) is 0 Å². The number of halogens is 2. The zero-order valence-electron chi connectivity index (χ0n) is 17.1. The van der Waals surface area contributed by atoms with Crippen molar-refractivity contribution in [2.24, 2.45) is 0 Å². The Morgan fingerprint density at radius 2 is 2.35 bits per heavy atom. The summed E-state index contributed by atoms with van der Waals surface area (Å²) in [5.74, 6) is -2.39. The number of hydrogen-bond acceptors (Lipinski definition) is 4. The molecule has 1 aliphatic carbocycles. The van der Waals surface area contributed by atoms with E-state index in [-0.39, 0.29) is 19.4 Å². The number of ether oxygens (including phenoxy) is 1. The number of esters is 1. The van der Waals surface area contributed by atoms with Gasteiger partial charge in [0.1, 0.15) is 11.1 Å². The quantitative estimate of drug-likeness (QED) is 0.812. The first-order valence-electron chi connectivity index (χ1n) is 9.18. The van der Waals surface area contributed by atoms with Crippen molar-refractivity contribution in [1.82, 2.24) is 0 Å². The van der Waals surface area contributed by atoms with Crippen molar-refractivity contribution in [3.8, 4) is 0 Å². The molecule has 0 amide bonds. The highest BCUT2D eigenvalue weighted by Gasteiger charge is 2.35. The van der Waals surface area contributed by atoms with E-state index in [1.165, 1.54) is 13.0 Å². The van der Waals surface area contributed by atoms with Crippen LogP contribution in [-0.4, -0.2) is 26.2 Å². The van der Waals surface area contributed by atoms with E-state index in [4.69, 9.17) is 23.2 Å². The van der Waals surface area contributed by atoms with Crippen molar-refractivity contribution in [2.45, 2.75) is 31.4 Å². The SMILES string of the molecule is [2H]c1c([2H])c(NS(=O)(=O)C2C(C(=O)OCC)=CCCC2([2H])[2H])c(Cl)c([2H])c1F. The third-order valence-corrected chi connectivity index (χ3v) is 4.74. The van der Waals surface area contributed by atoms with Crippen LogP contribution >= 0.6 is 11.6 Å². The fourth-order valence-corrected chi connectivity index (χ4v) is 3.63. The zero-order chi connectivity index (χ0) is 21.4. The third kappa shape index (κ3) is 4.23. The molecule has 1 aromatic carbocycles. The highest BCUT2D eigenvalue weighted by atomic mass is 35.5. The molecular formula is C15H17ClFNO4S. The van der Waals surface area contributed by atoms with Crippen molar-refractivity contribution in [3.05, 3.63) is 40.6 Å². The van der Waals surface area contributed by atoms with Crippen LogP contribution in [0.3, 0.4) is 0 Å². The molecule has 8 heteroatoms. The maximum absolute atomic E-state index is 13.7. The van der Waals surface area contributed by atoms with Gasteiger partial charge in [0, 0.05) is 2.74 Å². The van der Waals surface area contributed by atoms with Crippen LogP contribution in [0.15, 0.2) is 29.8 Å². The summed E-state index contributed by atoms with van der Waals surface area (Å²) < 4.78 is 85.2. The van der Waals surface area contributed by atoms with Gasteiger partial charge in [-0.05, 0) is 44.3 Å². The Morgan fingerprint density at radius 1 is 1.61 bits per heavy atom. The van der Waals surface area contributed by atoms with Gasteiger partial charge in [-0.15, -0.1) is 0 Å². The number of anilines is 1. The van der Waals surface area contributed by atoms with Gasteiger partial charge in [0.25, 0.3) is 0 Å². The van der Waals surface area contributed by atoms with Crippen molar-refractivity contribution in [3.63, 3.8) is 0 Å². The lowest BCUT2D eigenvalue weighted by Gasteiger charge is -2.24. The van der Waals surface area contributed by atoms with Gasteiger partial charge in [0.15, 0.2) is 0 Å². The smallest absolute Gasteiger partial charge is 0.335 e. The molecule has 0 aliphatic heterocycles. The van der Waals surface area contributed by atoms with E-state index in [2.05, 4.69) is 0 Å². The maximum atomic E-state index is 13.7. The molecule has 23 heavy (non-hydrogen) atoms. The number of allylic oxidation sites excluding steroid dienone is 1. The maximum Gasteiger partial charge on any atom is 0.335 e. The summed E-state index contributed by atoms with van der Waals surface area (Å²) in [6.45, 7) is 1.46. The van der Waals surface area contributed by atoms with Gasteiger partial charge in [0.05, 0.1) is 27.0 Å². The predicted octanol–water partition coefficient (Wildman–Crippen LogP) is 3.26. The molecular weight excluding hydrogens is 345 g/mol. The first kappa shape index (κ1) is 11.9. The van der Waals surface area contributed by atoms with Gasteiger partial charge in [-0.25, -0.2) is 17.6 Å². The third-order valence-electron chi connectivity index (χ3n) is 2.92. The minimum absolute atomic E-state index is 0.0512. The van der Waals surface area contributed by atoms with E-state index >= 15 is 0 Å². The van der Waals surface area contributed by atoms with Gasteiger partial charge in [-0.1, -0.05) is 17.7 Å². The van der Waals surface area contributed by atoms with Crippen molar-refractivity contribution in [2.75, 3.05) is 11.3 Å². The average molecular weight is 367 g/mol. The summed E-state index contributed by atoms with van der Waals surface area (Å²) in [5.41, 5.74) is -1.14. The molecule has 2 rings (SSSR count). The zero-order valence-corrected chi connectivity index (χ0v) is 13.6. The van der Waals surface area contributed by atoms with Gasteiger partial charge >= 0.3 is 5.97 Å². The van der Waals surface area contributed by atoms with E-state index < -0.39 is 67.8 Å². The molecule has 0 bridgehead atoms. The molecule has 0 spiro atoms. The van der Waals surface area contributed by atoms with Gasteiger partial charge in [-0.2, -0.15) is 0 Å². The van der Waals surface area contributed by atoms with Crippen LogP contribution in [0.5, 0.6) is 0 Å². The van der Waals surface area contributed by atoms with Crippen molar-refractivity contribution in [1.29, 1.82) is 0 Å². The number of carbonyl (C=O) groups excluding carboxylic acids is 1. The number of carbonyl (C=O) groups is 1. The largest absolute Gasteiger partial charge is 0.463 e. The Morgan fingerprint density at radius 3 is 3.04 bits per heavy atom. The van der Waals surface area contributed by atoms with E-state index in [9.17, 15) is 17.6 Å². The Labute approximate surface area is 146 Å². The van der Waals surface area contributed by atoms with E-state index in [1.807, 2.05) is 4.72 Å². The molecule has 1 N–H and O–H groups in total. The van der Waals surface area contributed by atoms with Crippen molar-refractivity contribution < 1.29 is 29.2 Å². The fourth-order valence-electron chi connectivity index (χ4n) is 1.97. The number of hydrogen-bond donors (Lipinski definition) is 1. The molecule has 0 heterocycles. The van der Waals surface area contributed by atoms with Crippen LogP contribution in [0.2, 0.25) is 5.02 Å². The molecule has 126 valence electrons. The minimum atomic E-state index is -4.74.